The minimum atomic E-state index is -0.456. The van der Waals surface area contributed by atoms with Crippen LogP contribution in [0.5, 0.6) is 0 Å². The number of carbonyl (C=O) groups is 1. The average molecular weight is 280 g/mol. The van der Waals surface area contributed by atoms with Gasteiger partial charge >= 0.3 is 5.97 Å². The molecule has 0 aromatic carbocycles. The topological polar surface area (TPSA) is 76.1 Å². The number of esters is 1. The number of hydrogen-bond acceptors (Lipinski definition) is 6. The van der Waals surface area contributed by atoms with Gasteiger partial charge in [0.15, 0.2) is 0 Å². The van der Waals surface area contributed by atoms with E-state index < -0.39 is 6.04 Å². The van der Waals surface area contributed by atoms with Gasteiger partial charge in [0.2, 0.25) is 0 Å². The molecule has 1 rings (SSSR count). The largest absolute Gasteiger partial charge is 0.464 e. The molecular weight excluding hydrogens is 256 g/mol. The standard InChI is InChI=1S/C14H24N4O2/c1-7-20-12(19)9(2)16-11-8-10(15-6)17-13(18-11)14(3,4)5/h8-9H,7H2,1-6H3,(H2,15,16,17,18). The Hall–Kier alpha value is -1.85. The van der Waals surface area contributed by atoms with Crippen LogP contribution in [0.1, 0.15) is 40.4 Å². The van der Waals surface area contributed by atoms with Crippen molar-refractivity contribution < 1.29 is 9.53 Å². The van der Waals surface area contributed by atoms with Crippen molar-refractivity contribution >= 4 is 17.6 Å². The second-order valence-corrected chi connectivity index (χ2v) is 5.58. The van der Waals surface area contributed by atoms with E-state index in [0.717, 1.165) is 0 Å². The van der Waals surface area contributed by atoms with Gasteiger partial charge < -0.3 is 15.4 Å². The average Bonchev–Trinajstić information content (AvgIpc) is 2.37. The zero-order valence-electron chi connectivity index (χ0n) is 13.1. The van der Waals surface area contributed by atoms with Gasteiger partial charge in [-0.25, -0.2) is 14.8 Å². The van der Waals surface area contributed by atoms with Gasteiger partial charge in [0.25, 0.3) is 0 Å². The predicted molar refractivity (Wildman–Crippen MR) is 80.0 cm³/mol. The summed E-state index contributed by atoms with van der Waals surface area (Å²) in [6.45, 7) is 10.0. The van der Waals surface area contributed by atoms with E-state index in [-0.39, 0.29) is 11.4 Å². The summed E-state index contributed by atoms with van der Waals surface area (Å²) in [6, 6.07) is 1.31. The van der Waals surface area contributed by atoms with Crippen LogP contribution in [0.4, 0.5) is 11.6 Å². The SMILES string of the molecule is CCOC(=O)C(C)Nc1cc(NC)nc(C(C)(C)C)n1. The van der Waals surface area contributed by atoms with E-state index in [2.05, 4.69) is 20.6 Å². The first-order valence-corrected chi connectivity index (χ1v) is 6.78. The molecule has 0 fully saturated rings. The normalized spacial score (nSPS) is 12.7. The first kappa shape index (κ1) is 16.2. The number of nitrogens with zero attached hydrogens (tertiary/aromatic N) is 2. The maximum Gasteiger partial charge on any atom is 0.328 e. The van der Waals surface area contributed by atoms with Crippen LogP contribution in [-0.2, 0) is 14.9 Å². The summed E-state index contributed by atoms with van der Waals surface area (Å²) in [5.74, 6) is 1.73. The second kappa shape index (κ2) is 6.54. The molecule has 0 spiro atoms. The summed E-state index contributed by atoms with van der Waals surface area (Å²) >= 11 is 0. The van der Waals surface area contributed by atoms with Crippen LogP contribution in [-0.4, -0.2) is 35.6 Å². The molecule has 1 unspecified atom stereocenters. The highest BCUT2D eigenvalue weighted by Gasteiger charge is 2.20. The van der Waals surface area contributed by atoms with Crippen LogP contribution >= 0.6 is 0 Å². The molecule has 0 saturated heterocycles. The molecule has 0 radical (unpaired) electrons. The van der Waals surface area contributed by atoms with Gasteiger partial charge in [-0.05, 0) is 13.8 Å². The zero-order chi connectivity index (χ0) is 15.3. The number of nitrogens with one attached hydrogen (secondary N) is 2. The molecule has 0 aliphatic carbocycles. The minimum absolute atomic E-state index is 0.170. The van der Waals surface area contributed by atoms with Gasteiger partial charge in [0.1, 0.15) is 23.5 Å². The Labute approximate surface area is 120 Å². The van der Waals surface area contributed by atoms with Gasteiger partial charge in [-0.15, -0.1) is 0 Å². The number of aromatic nitrogens is 2. The highest BCUT2D eigenvalue weighted by Crippen LogP contribution is 2.22. The van der Waals surface area contributed by atoms with E-state index in [4.69, 9.17) is 4.74 Å². The molecule has 0 saturated carbocycles. The molecule has 2 N–H and O–H groups in total. The molecule has 1 aromatic heterocycles. The maximum atomic E-state index is 11.6. The lowest BCUT2D eigenvalue weighted by Crippen LogP contribution is -2.29. The summed E-state index contributed by atoms with van der Waals surface area (Å²) in [5.41, 5.74) is -0.170. The summed E-state index contributed by atoms with van der Waals surface area (Å²) < 4.78 is 4.97. The molecule has 6 heteroatoms. The van der Waals surface area contributed by atoms with Crippen molar-refractivity contribution in [2.75, 3.05) is 24.3 Å². The molecule has 1 aromatic rings. The molecule has 6 nitrogen and oxygen atoms in total. The van der Waals surface area contributed by atoms with Crippen molar-refractivity contribution in [1.29, 1.82) is 0 Å². The summed E-state index contributed by atoms with van der Waals surface area (Å²) in [7, 11) is 1.80. The van der Waals surface area contributed by atoms with Crippen LogP contribution in [0.3, 0.4) is 0 Å². The first-order chi connectivity index (χ1) is 9.27. The predicted octanol–water partition coefficient (Wildman–Crippen LogP) is 2.18. The van der Waals surface area contributed by atoms with Gasteiger partial charge in [0, 0.05) is 18.5 Å². The molecule has 1 heterocycles. The fourth-order valence-electron chi connectivity index (χ4n) is 1.53. The quantitative estimate of drug-likeness (QED) is 0.805. The summed E-state index contributed by atoms with van der Waals surface area (Å²) in [6.07, 6.45) is 0. The lowest BCUT2D eigenvalue weighted by atomic mass is 9.96. The number of hydrogen-bond donors (Lipinski definition) is 2. The van der Waals surface area contributed by atoms with Crippen molar-refractivity contribution in [3.8, 4) is 0 Å². The van der Waals surface area contributed by atoms with Crippen LogP contribution in [0, 0.1) is 0 Å². The van der Waals surface area contributed by atoms with Crippen molar-refractivity contribution in [1.82, 2.24) is 9.97 Å². The first-order valence-electron chi connectivity index (χ1n) is 6.78. The lowest BCUT2D eigenvalue weighted by Gasteiger charge is -2.20. The number of rotatable bonds is 5. The van der Waals surface area contributed by atoms with Gasteiger partial charge in [-0.1, -0.05) is 20.8 Å². The van der Waals surface area contributed by atoms with Gasteiger partial charge in [-0.2, -0.15) is 0 Å². The smallest absolute Gasteiger partial charge is 0.328 e. The van der Waals surface area contributed by atoms with Crippen LogP contribution < -0.4 is 10.6 Å². The Morgan fingerprint density at radius 1 is 1.35 bits per heavy atom. The molecule has 0 bridgehead atoms. The molecule has 0 amide bonds. The number of ether oxygens (including phenoxy) is 1. The minimum Gasteiger partial charge on any atom is -0.464 e. The summed E-state index contributed by atoms with van der Waals surface area (Å²) in [4.78, 5) is 20.5. The third-order valence-electron chi connectivity index (χ3n) is 2.66. The molecule has 1 atom stereocenters. The second-order valence-electron chi connectivity index (χ2n) is 5.58. The van der Waals surface area contributed by atoms with E-state index in [1.807, 2.05) is 20.8 Å². The lowest BCUT2D eigenvalue weighted by molar-refractivity contribution is -0.143. The van der Waals surface area contributed by atoms with Crippen LogP contribution in [0.15, 0.2) is 6.07 Å². The maximum absolute atomic E-state index is 11.6. The summed E-state index contributed by atoms with van der Waals surface area (Å²) in [5, 5.41) is 6.05. The Balaban J connectivity index is 2.97. The van der Waals surface area contributed by atoms with Gasteiger partial charge in [-0.3, -0.25) is 0 Å². The third-order valence-corrected chi connectivity index (χ3v) is 2.66. The van der Waals surface area contributed by atoms with E-state index in [1.165, 1.54) is 0 Å². The van der Waals surface area contributed by atoms with E-state index in [0.29, 0.717) is 24.1 Å². The van der Waals surface area contributed by atoms with Crippen molar-refractivity contribution in [3.05, 3.63) is 11.9 Å². The van der Waals surface area contributed by atoms with Crippen molar-refractivity contribution in [2.24, 2.45) is 0 Å². The fourth-order valence-corrected chi connectivity index (χ4v) is 1.53. The van der Waals surface area contributed by atoms with E-state index in [9.17, 15) is 4.79 Å². The molecule has 112 valence electrons. The third kappa shape index (κ3) is 4.36. The van der Waals surface area contributed by atoms with Crippen LogP contribution in [0.25, 0.3) is 0 Å². The van der Waals surface area contributed by atoms with Crippen LogP contribution in [0.2, 0.25) is 0 Å². The number of anilines is 2. The molecule has 20 heavy (non-hydrogen) atoms. The fraction of sp³-hybridized carbons (Fsp3) is 0.643. The van der Waals surface area contributed by atoms with E-state index in [1.54, 1.807) is 27.0 Å². The highest BCUT2D eigenvalue weighted by molar-refractivity contribution is 5.78. The highest BCUT2D eigenvalue weighted by atomic mass is 16.5. The van der Waals surface area contributed by atoms with E-state index >= 15 is 0 Å². The Morgan fingerprint density at radius 3 is 2.45 bits per heavy atom. The molecule has 0 aliphatic heterocycles. The Morgan fingerprint density at radius 2 is 1.95 bits per heavy atom. The van der Waals surface area contributed by atoms with Crippen molar-refractivity contribution in [3.63, 3.8) is 0 Å². The molecular formula is C14H24N4O2. The van der Waals surface area contributed by atoms with Crippen molar-refractivity contribution in [2.45, 2.75) is 46.1 Å². The number of carbonyl (C=O) groups excluding carboxylic acids is 1. The Kier molecular flexibility index (Phi) is 5.30. The Bertz CT molecular complexity index is 469. The monoisotopic (exact) mass is 280 g/mol. The molecule has 0 aliphatic rings. The van der Waals surface area contributed by atoms with Gasteiger partial charge in [0.05, 0.1) is 6.61 Å². The zero-order valence-corrected chi connectivity index (χ0v) is 13.1.